The molecule has 1 atom stereocenters. The molecule has 0 saturated carbocycles. The van der Waals surface area contributed by atoms with E-state index in [0.29, 0.717) is 17.2 Å². The lowest BCUT2D eigenvalue weighted by Crippen LogP contribution is -2.27. The highest BCUT2D eigenvalue weighted by atomic mass is 32.2. The lowest BCUT2D eigenvalue weighted by molar-refractivity contribution is -0.137. The van der Waals surface area contributed by atoms with Gasteiger partial charge in [-0.2, -0.15) is 11.8 Å². The number of thioether (sulfide) groups is 1. The number of hydrogen-bond donors (Lipinski definition) is 2. The van der Waals surface area contributed by atoms with E-state index < -0.39 is 18.0 Å². The van der Waals surface area contributed by atoms with Crippen molar-refractivity contribution in [2.45, 2.75) is 6.04 Å². The Bertz CT molecular complexity index is 509. The molecule has 2 N–H and O–H groups in total. The predicted octanol–water partition coefficient (Wildman–Crippen LogP) is 1.37. The number of rotatable bonds is 3. The van der Waals surface area contributed by atoms with Gasteiger partial charge in [-0.1, -0.05) is 12.1 Å². The molecule has 0 spiro atoms. The van der Waals surface area contributed by atoms with Gasteiger partial charge in [0.25, 0.3) is 0 Å². The Balaban J connectivity index is 2.25. The monoisotopic (exact) mass is 265 g/mol. The first-order chi connectivity index (χ1) is 8.58. The van der Waals surface area contributed by atoms with Crippen LogP contribution in [0.4, 0.5) is 0 Å². The topological polar surface area (TPSA) is 87.0 Å². The summed E-state index contributed by atoms with van der Waals surface area (Å²) in [5.74, 6) is -0.783. The summed E-state index contributed by atoms with van der Waals surface area (Å²) < 4.78 is 0. The third-order valence-corrected chi connectivity index (χ3v) is 3.61. The first-order valence-electron chi connectivity index (χ1n) is 5.29. The third kappa shape index (κ3) is 2.70. The summed E-state index contributed by atoms with van der Waals surface area (Å²) in [7, 11) is 0. The van der Waals surface area contributed by atoms with E-state index in [0.717, 1.165) is 5.56 Å². The zero-order valence-electron chi connectivity index (χ0n) is 9.37. The van der Waals surface area contributed by atoms with Crippen molar-refractivity contribution >= 4 is 29.4 Å². The summed E-state index contributed by atoms with van der Waals surface area (Å²) in [6.45, 7) is 0. The van der Waals surface area contributed by atoms with E-state index in [1.54, 1.807) is 12.1 Å². The minimum Gasteiger partial charge on any atom is -0.480 e. The van der Waals surface area contributed by atoms with Crippen molar-refractivity contribution < 1.29 is 19.8 Å². The Hall–Kier alpha value is -1.82. The second kappa shape index (κ2) is 5.22. The second-order valence-electron chi connectivity index (χ2n) is 3.83. The van der Waals surface area contributed by atoms with Crippen LogP contribution in [0, 0.1) is 0 Å². The average Bonchev–Trinajstić information content (AvgIpc) is 2.39. The van der Waals surface area contributed by atoms with Gasteiger partial charge in [0.05, 0.1) is 11.3 Å². The van der Waals surface area contributed by atoms with E-state index in [4.69, 9.17) is 10.2 Å². The molecule has 18 heavy (non-hydrogen) atoms. The maximum Gasteiger partial charge on any atom is 0.335 e. The Morgan fingerprint density at radius 3 is 2.44 bits per heavy atom. The molecule has 2 rings (SSSR count). The fourth-order valence-electron chi connectivity index (χ4n) is 1.62. The smallest absolute Gasteiger partial charge is 0.335 e. The predicted molar refractivity (Wildman–Crippen MR) is 68.7 cm³/mol. The summed E-state index contributed by atoms with van der Waals surface area (Å²) in [4.78, 5) is 25.8. The van der Waals surface area contributed by atoms with Crippen molar-refractivity contribution in [2.24, 2.45) is 4.99 Å². The van der Waals surface area contributed by atoms with Crippen LogP contribution in [0.2, 0.25) is 0 Å². The van der Waals surface area contributed by atoms with Crippen LogP contribution in [0.1, 0.15) is 15.9 Å². The van der Waals surface area contributed by atoms with E-state index in [1.165, 1.54) is 23.9 Å². The molecule has 1 aliphatic rings. The minimum atomic E-state index is -0.982. The number of carboxylic acid groups (broad SMARTS) is 2. The zero-order valence-corrected chi connectivity index (χ0v) is 10.2. The van der Waals surface area contributed by atoms with Crippen LogP contribution in [0.3, 0.4) is 0 Å². The lowest BCUT2D eigenvalue weighted by Gasteiger charge is -2.17. The third-order valence-electron chi connectivity index (χ3n) is 2.58. The number of carbonyl (C=O) groups is 2. The van der Waals surface area contributed by atoms with Gasteiger partial charge in [0.15, 0.2) is 6.04 Å². The van der Waals surface area contributed by atoms with Crippen molar-refractivity contribution in [3.05, 3.63) is 35.4 Å². The first-order valence-corrected chi connectivity index (χ1v) is 6.44. The second-order valence-corrected chi connectivity index (χ2v) is 4.86. The fourth-order valence-corrected chi connectivity index (χ4v) is 2.61. The highest BCUT2D eigenvalue weighted by Crippen LogP contribution is 2.18. The number of carboxylic acids is 2. The number of aliphatic carboxylic acids is 1. The van der Waals surface area contributed by atoms with E-state index in [-0.39, 0.29) is 5.56 Å². The van der Waals surface area contributed by atoms with Gasteiger partial charge in [-0.25, -0.2) is 9.59 Å². The molecule has 6 heteroatoms. The Labute approximate surface area is 108 Å². The van der Waals surface area contributed by atoms with Gasteiger partial charge in [-0.05, 0) is 17.7 Å². The molecule has 1 aromatic carbocycles. The van der Waals surface area contributed by atoms with Crippen molar-refractivity contribution in [3.63, 3.8) is 0 Å². The molecular weight excluding hydrogens is 254 g/mol. The van der Waals surface area contributed by atoms with Gasteiger partial charge >= 0.3 is 11.9 Å². The van der Waals surface area contributed by atoms with Crippen LogP contribution >= 0.6 is 11.8 Å². The quantitative estimate of drug-likeness (QED) is 0.862. The van der Waals surface area contributed by atoms with Crippen molar-refractivity contribution in [2.75, 3.05) is 11.5 Å². The lowest BCUT2D eigenvalue weighted by atomic mass is 10.1. The Kier molecular flexibility index (Phi) is 3.66. The SMILES string of the molecule is O=C(O)c1ccc(C2=NC(C(=O)O)CSC2)cc1. The number of aromatic carboxylic acids is 1. The van der Waals surface area contributed by atoms with Gasteiger partial charge in [-0.15, -0.1) is 0 Å². The molecule has 1 heterocycles. The van der Waals surface area contributed by atoms with E-state index in [2.05, 4.69) is 4.99 Å². The molecule has 1 aromatic rings. The molecule has 1 unspecified atom stereocenters. The summed E-state index contributed by atoms with van der Waals surface area (Å²) >= 11 is 1.52. The van der Waals surface area contributed by atoms with Gasteiger partial charge in [-0.3, -0.25) is 4.99 Å². The molecule has 0 aliphatic carbocycles. The van der Waals surface area contributed by atoms with Gasteiger partial charge in [0.1, 0.15) is 0 Å². The normalized spacial score (nSPS) is 19.1. The first kappa shape index (κ1) is 12.6. The van der Waals surface area contributed by atoms with Crippen molar-refractivity contribution in [1.29, 1.82) is 0 Å². The maximum absolute atomic E-state index is 10.9. The van der Waals surface area contributed by atoms with Crippen LogP contribution in [0.15, 0.2) is 29.3 Å². The molecular formula is C12H11NO4S. The van der Waals surface area contributed by atoms with Gasteiger partial charge in [0, 0.05) is 11.5 Å². The average molecular weight is 265 g/mol. The van der Waals surface area contributed by atoms with Gasteiger partial charge < -0.3 is 10.2 Å². The number of hydrogen-bond acceptors (Lipinski definition) is 4. The standard InChI is InChI=1S/C12H11NO4S/c14-11(15)8-3-1-7(2-4-8)9-5-18-6-10(13-9)12(16)17/h1-4,10H,5-6H2,(H,14,15)(H,16,17). The van der Waals surface area contributed by atoms with E-state index in [1.807, 2.05) is 0 Å². The van der Waals surface area contributed by atoms with Crippen LogP contribution < -0.4 is 0 Å². The van der Waals surface area contributed by atoms with Crippen molar-refractivity contribution in [3.8, 4) is 0 Å². The Morgan fingerprint density at radius 1 is 1.22 bits per heavy atom. The summed E-state index contributed by atoms with van der Waals surface area (Å²) in [6, 6.07) is 5.60. The minimum absolute atomic E-state index is 0.206. The molecule has 1 aliphatic heterocycles. The van der Waals surface area contributed by atoms with Crippen LogP contribution in [-0.2, 0) is 4.79 Å². The number of aliphatic imine (C=N–C) groups is 1. The highest BCUT2D eigenvalue weighted by molar-refractivity contribution is 8.00. The Morgan fingerprint density at radius 2 is 1.89 bits per heavy atom. The molecule has 0 amide bonds. The number of benzene rings is 1. The highest BCUT2D eigenvalue weighted by Gasteiger charge is 2.22. The van der Waals surface area contributed by atoms with Crippen LogP contribution in [-0.4, -0.2) is 45.4 Å². The summed E-state index contributed by atoms with van der Waals surface area (Å²) in [6.07, 6.45) is 0. The van der Waals surface area contributed by atoms with E-state index >= 15 is 0 Å². The van der Waals surface area contributed by atoms with Crippen LogP contribution in [0.25, 0.3) is 0 Å². The van der Waals surface area contributed by atoms with Crippen LogP contribution in [0.5, 0.6) is 0 Å². The fraction of sp³-hybridized carbons (Fsp3) is 0.250. The number of nitrogens with zero attached hydrogens (tertiary/aromatic N) is 1. The molecule has 0 aromatic heterocycles. The largest absolute Gasteiger partial charge is 0.480 e. The molecule has 0 fully saturated rings. The molecule has 0 bridgehead atoms. The summed E-state index contributed by atoms with van der Waals surface area (Å²) in [5, 5.41) is 17.7. The van der Waals surface area contributed by atoms with Crippen molar-refractivity contribution in [1.82, 2.24) is 0 Å². The zero-order chi connectivity index (χ0) is 13.1. The summed E-state index contributed by atoms with van der Waals surface area (Å²) in [5.41, 5.74) is 1.69. The molecule has 94 valence electrons. The van der Waals surface area contributed by atoms with Gasteiger partial charge in [0.2, 0.25) is 0 Å². The molecule has 0 radical (unpaired) electrons. The molecule has 5 nitrogen and oxygen atoms in total. The maximum atomic E-state index is 10.9. The molecule has 0 saturated heterocycles. The van der Waals surface area contributed by atoms with E-state index in [9.17, 15) is 9.59 Å².